The van der Waals surface area contributed by atoms with Crippen LogP contribution in [0.1, 0.15) is 32.4 Å². The van der Waals surface area contributed by atoms with Gasteiger partial charge in [0.25, 0.3) is 0 Å². The van der Waals surface area contributed by atoms with Crippen LogP contribution in [0.2, 0.25) is 0 Å². The summed E-state index contributed by atoms with van der Waals surface area (Å²) in [7, 11) is 0. The summed E-state index contributed by atoms with van der Waals surface area (Å²) in [4.78, 5) is 7.03. The molecule has 1 saturated heterocycles. The quantitative estimate of drug-likeness (QED) is 0.632. The first-order valence-corrected chi connectivity index (χ1v) is 6.81. The molecule has 0 saturated carbocycles. The Kier molecular flexibility index (Phi) is 4.61. The Hall–Kier alpha value is -1.52. The highest BCUT2D eigenvalue weighted by atomic mass is 15.3. The summed E-state index contributed by atoms with van der Waals surface area (Å²) in [6.07, 6.45) is 4.28. The molecule has 0 spiro atoms. The Morgan fingerprint density at radius 3 is 2.94 bits per heavy atom. The Morgan fingerprint density at radius 1 is 1.56 bits per heavy atom. The minimum absolute atomic E-state index is 0.661. The van der Waals surface area contributed by atoms with Crippen molar-refractivity contribution in [3.63, 3.8) is 0 Å². The molecule has 5 heteroatoms. The van der Waals surface area contributed by atoms with E-state index in [1.165, 1.54) is 12.8 Å². The van der Waals surface area contributed by atoms with Crippen LogP contribution >= 0.6 is 0 Å². The van der Waals surface area contributed by atoms with Crippen LogP contribution in [0.25, 0.3) is 0 Å². The third-order valence-electron chi connectivity index (χ3n) is 3.38. The van der Waals surface area contributed by atoms with Crippen molar-refractivity contribution >= 4 is 5.96 Å². The van der Waals surface area contributed by atoms with Gasteiger partial charge in [0, 0.05) is 25.8 Å². The van der Waals surface area contributed by atoms with Crippen molar-refractivity contribution < 1.29 is 0 Å². The first-order valence-electron chi connectivity index (χ1n) is 6.81. The SMILES string of the molecule is CCNC(=NCc1ccn[nH]1)N1CCC(C)CC1. The van der Waals surface area contributed by atoms with E-state index in [0.717, 1.165) is 37.2 Å². The molecule has 1 aliphatic rings. The summed E-state index contributed by atoms with van der Waals surface area (Å²) in [6, 6.07) is 1.96. The van der Waals surface area contributed by atoms with Crippen molar-refractivity contribution in [2.45, 2.75) is 33.2 Å². The molecule has 2 N–H and O–H groups in total. The molecule has 0 unspecified atom stereocenters. The van der Waals surface area contributed by atoms with Gasteiger partial charge in [-0.3, -0.25) is 5.10 Å². The van der Waals surface area contributed by atoms with Gasteiger partial charge in [-0.15, -0.1) is 0 Å². The van der Waals surface area contributed by atoms with Gasteiger partial charge >= 0.3 is 0 Å². The van der Waals surface area contributed by atoms with E-state index >= 15 is 0 Å². The summed E-state index contributed by atoms with van der Waals surface area (Å²) in [5.41, 5.74) is 1.05. The van der Waals surface area contributed by atoms with Crippen molar-refractivity contribution in [3.05, 3.63) is 18.0 Å². The average Bonchev–Trinajstić information content (AvgIpc) is 2.89. The maximum absolute atomic E-state index is 4.66. The summed E-state index contributed by atoms with van der Waals surface area (Å²) in [6.45, 7) is 8.22. The molecule has 2 rings (SSSR count). The Balaban J connectivity index is 1.96. The number of piperidine rings is 1. The lowest BCUT2D eigenvalue weighted by Gasteiger charge is -2.32. The number of hydrogen-bond donors (Lipinski definition) is 2. The average molecular weight is 249 g/mol. The highest BCUT2D eigenvalue weighted by Gasteiger charge is 2.18. The maximum Gasteiger partial charge on any atom is 0.194 e. The van der Waals surface area contributed by atoms with Crippen LogP contribution in [0.4, 0.5) is 0 Å². The molecule has 1 aliphatic heterocycles. The Morgan fingerprint density at radius 2 is 2.33 bits per heavy atom. The normalized spacial score (nSPS) is 18.1. The standard InChI is InChI=1S/C13H23N5/c1-3-14-13(15-10-12-4-7-16-17-12)18-8-5-11(2)6-9-18/h4,7,11H,3,5-6,8-10H2,1-2H3,(H,14,15)(H,16,17). The van der Waals surface area contributed by atoms with Crippen LogP contribution in [0, 0.1) is 5.92 Å². The van der Waals surface area contributed by atoms with E-state index in [-0.39, 0.29) is 0 Å². The zero-order valence-electron chi connectivity index (χ0n) is 11.3. The monoisotopic (exact) mass is 249 g/mol. The van der Waals surface area contributed by atoms with Gasteiger partial charge < -0.3 is 10.2 Å². The van der Waals surface area contributed by atoms with Crippen molar-refractivity contribution in [1.29, 1.82) is 0 Å². The topological polar surface area (TPSA) is 56.3 Å². The highest BCUT2D eigenvalue weighted by molar-refractivity contribution is 5.80. The molecular formula is C13H23N5. The van der Waals surface area contributed by atoms with E-state index in [2.05, 4.69) is 39.3 Å². The number of aliphatic imine (C=N–C) groups is 1. The largest absolute Gasteiger partial charge is 0.357 e. The molecule has 0 aromatic carbocycles. The fourth-order valence-corrected chi connectivity index (χ4v) is 2.18. The first kappa shape index (κ1) is 12.9. The minimum Gasteiger partial charge on any atom is -0.357 e. The zero-order chi connectivity index (χ0) is 12.8. The molecule has 2 heterocycles. The maximum atomic E-state index is 4.66. The van der Waals surface area contributed by atoms with E-state index in [1.807, 2.05) is 6.07 Å². The van der Waals surface area contributed by atoms with Crippen LogP contribution in [-0.2, 0) is 6.54 Å². The molecule has 0 radical (unpaired) electrons. The molecule has 0 atom stereocenters. The van der Waals surface area contributed by atoms with Crippen LogP contribution in [0.5, 0.6) is 0 Å². The van der Waals surface area contributed by atoms with Gasteiger partial charge in [-0.25, -0.2) is 4.99 Å². The van der Waals surface area contributed by atoms with Gasteiger partial charge in [0.15, 0.2) is 5.96 Å². The molecule has 0 bridgehead atoms. The minimum atomic E-state index is 0.661. The fourth-order valence-electron chi connectivity index (χ4n) is 2.18. The van der Waals surface area contributed by atoms with E-state index in [4.69, 9.17) is 0 Å². The molecule has 18 heavy (non-hydrogen) atoms. The van der Waals surface area contributed by atoms with Gasteiger partial charge in [0.05, 0.1) is 12.2 Å². The van der Waals surface area contributed by atoms with E-state index in [1.54, 1.807) is 6.20 Å². The molecule has 1 aromatic rings. The highest BCUT2D eigenvalue weighted by Crippen LogP contribution is 2.16. The Bertz CT molecular complexity index is 363. The third-order valence-corrected chi connectivity index (χ3v) is 3.38. The van der Waals surface area contributed by atoms with Crippen LogP contribution < -0.4 is 5.32 Å². The number of rotatable bonds is 3. The van der Waals surface area contributed by atoms with Gasteiger partial charge in [-0.1, -0.05) is 6.92 Å². The number of likely N-dealkylation sites (tertiary alicyclic amines) is 1. The van der Waals surface area contributed by atoms with Crippen molar-refractivity contribution in [1.82, 2.24) is 20.4 Å². The molecule has 0 amide bonds. The first-order chi connectivity index (χ1) is 8.79. The lowest BCUT2D eigenvalue weighted by atomic mass is 10.00. The number of nitrogens with one attached hydrogen (secondary N) is 2. The van der Waals surface area contributed by atoms with E-state index in [9.17, 15) is 0 Å². The summed E-state index contributed by atoms with van der Waals surface area (Å²) in [5, 5.41) is 10.3. The second-order valence-electron chi connectivity index (χ2n) is 4.92. The number of H-pyrrole nitrogens is 1. The van der Waals surface area contributed by atoms with Gasteiger partial charge in [0.1, 0.15) is 0 Å². The van der Waals surface area contributed by atoms with E-state index in [0.29, 0.717) is 6.54 Å². The van der Waals surface area contributed by atoms with Crippen molar-refractivity contribution in [3.8, 4) is 0 Å². The van der Waals surface area contributed by atoms with Crippen molar-refractivity contribution in [2.24, 2.45) is 10.9 Å². The number of aromatic amines is 1. The number of guanidine groups is 1. The van der Waals surface area contributed by atoms with Crippen LogP contribution in [-0.4, -0.2) is 40.7 Å². The molecule has 1 fully saturated rings. The fraction of sp³-hybridized carbons (Fsp3) is 0.692. The summed E-state index contributed by atoms with van der Waals surface area (Å²) >= 11 is 0. The lowest BCUT2D eigenvalue weighted by Crippen LogP contribution is -2.45. The second kappa shape index (κ2) is 6.42. The van der Waals surface area contributed by atoms with Crippen LogP contribution in [0.15, 0.2) is 17.3 Å². The predicted octanol–water partition coefficient (Wildman–Crippen LogP) is 1.61. The zero-order valence-corrected chi connectivity index (χ0v) is 11.3. The lowest BCUT2D eigenvalue weighted by molar-refractivity contribution is 0.273. The van der Waals surface area contributed by atoms with Gasteiger partial charge in [-0.05, 0) is 31.7 Å². The van der Waals surface area contributed by atoms with Crippen LogP contribution in [0.3, 0.4) is 0 Å². The molecule has 0 aliphatic carbocycles. The predicted molar refractivity (Wildman–Crippen MR) is 73.4 cm³/mol. The van der Waals surface area contributed by atoms with Crippen molar-refractivity contribution in [2.75, 3.05) is 19.6 Å². The van der Waals surface area contributed by atoms with Gasteiger partial charge in [0.2, 0.25) is 0 Å². The molecule has 5 nitrogen and oxygen atoms in total. The Labute approximate surface area is 109 Å². The number of nitrogens with zero attached hydrogens (tertiary/aromatic N) is 3. The van der Waals surface area contributed by atoms with Gasteiger partial charge in [-0.2, -0.15) is 5.10 Å². The third kappa shape index (κ3) is 3.48. The molecule has 1 aromatic heterocycles. The second-order valence-corrected chi connectivity index (χ2v) is 4.92. The molecule has 100 valence electrons. The number of aromatic nitrogens is 2. The summed E-state index contributed by atoms with van der Waals surface area (Å²) < 4.78 is 0. The number of hydrogen-bond acceptors (Lipinski definition) is 2. The summed E-state index contributed by atoms with van der Waals surface area (Å²) in [5.74, 6) is 1.87. The smallest absolute Gasteiger partial charge is 0.194 e. The molecular weight excluding hydrogens is 226 g/mol. The van der Waals surface area contributed by atoms with E-state index < -0.39 is 0 Å².